The maximum atomic E-state index is 13.5. The molecule has 0 spiro atoms. The summed E-state index contributed by atoms with van der Waals surface area (Å²) in [7, 11) is -2.19. The molecular formula is C28H29N5O3S. The smallest absolute Gasteiger partial charge is 0.283 e. The van der Waals surface area contributed by atoms with Gasteiger partial charge in [0.2, 0.25) is 0 Å². The molecule has 8 nitrogen and oxygen atoms in total. The first-order valence-electron chi connectivity index (χ1n) is 12.2. The van der Waals surface area contributed by atoms with Crippen LogP contribution in [0.3, 0.4) is 0 Å². The van der Waals surface area contributed by atoms with Crippen molar-refractivity contribution >= 4 is 27.3 Å². The summed E-state index contributed by atoms with van der Waals surface area (Å²) in [6.07, 6.45) is 2.95. The zero-order valence-corrected chi connectivity index (χ0v) is 21.5. The topological polar surface area (TPSA) is 78.8 Å². The molecule has 0 radical (unpaired) electrons. The van der Waals surface area contributed by atoms with Gasteiger partial charge in [-0.1, -0.05) is 48.5 Å². The average Bonchev–Trinajstić information content (AvgIpc) is 3.40. The zero-order valence-electron chi connectivity index (χ0n) is 20.6. The minimum atomic E-state index is -3.92. The fourth-order valence-corrected chi connectivity index (χ4v) is 5.88. The summed E-state index contributed by atoms with van der Waals surface area (Å²) < 4.78 is 30.0. The van der Waals surface area contributed by atoms with Crippen LogP contribution in [0, 0.1) is 0 Å². The lowest BCUT2D eigenvalue weighted by atomic mass is 10.1. The van der Waals surface area contributed by atoms with Crippen molar-refractivity contribution in [2.45, 2.75) is 11.6 Å². The quantitative estimate of drug-likeness (QED) is 0.374. The van der Waals surface area contributed by atoms with Gasteiger partial charge < -0.3 is 14.4 Å². The highest BCUT2D eigenvalue weighted by atomic mass is 32.2. The van der Waals surface area contributed by atoms with E-state index in [0.29, 0.717) is 24.3 Å². The number of aryl methyl sites for hydroxylation is 1. The summed E-state index contributed by atoms with van der Waals surface area (Å²) in [6, 6.07) is 26.4. The number of anilines is 2. The molecule has 4 aromatic rings. The van der Waals surface area contributed by atoms with E-state index in [1.807, 2.05) is 53.4 Å². The maximum absolute atomic E-state index is 13.5. The molecule has 1 fully saturated rings. The van der Waals surface area contributed by atoms with Crippen molar-refractivity contribution in [3.8, 4) is 0 Å². The van der Waals surface area contributed by atoms with Crippen LogP contribution in [0.5, 0.6) is 0 Å². The molecule has 190 valence electrons. The van der Waals surface area contributed by atoms with E-state index >= 15 is 0 Å². The Bertz CT molecular complexity index is 1450. The first-order valence-corrected chi connectivity index (χ1v) is 13.6. The fourth-order valence-electron chi connectivity index (χ4n) is 4.46. The zero-order chi connectivity index (χ0) is 25.8. The molecule has 1 aliphatic rings. The first kappa shape index (κ1) is 24.6. The Balaban J connectivity index is 1.34. The lowest BCUT2D eigenvalue weighted by Crippen LogP contribution is -2.48. The van der Waals surface area contributed by atoms with E-state index < -0.39 is 10.0 Å². The molecular weight excluding hydrogens is 486 g/mol. The molecule has 0 unspecified atom stereocenters. The molecule has 0 bridgehead atoms. The van der Waals surface area contributed by atoms with Crippen molar-refractivity contribution in [2.75, 3.05) is 35.4 Å². The number of carbonyl (C=O) groups excluding carboxylic acids is 1. The van der Waals surface area contributed by atoms with Gasteiger partial charge in [-0.2, -0.15) is 8.42 Å². The van der Waals surface area contributed by atoms with Gasteiger partial charge in [0.1, 0.15) is 0 Å². The fraction of sp³-hybridized carbons (Fsp3) is 0.214. The third kappa shape index (κ3) is 5.36. The lowest BCUT2D eigenvalue weighted by molar-refractivity contribution is 0.0747. The van der Waals surface area contributed by atoms with E-state index in [2.05, 4.69) is 22.0 Å². The molecule has 1 amide bonds. The minimum Gasteiger partial charge on any atom is -0.368 e. The number of nitrogens with zero attached hydrogens (tertiary/aromatic N) is 5. The minimum absolute atomic E-state index is 0.0256. The van der Waals surface area contributed by atoms with Gasteiger partial charge in [0.25, 0.3) is 15.9 Å². The van der Waals surface area contributed by atoms with Crippen LogP contribution in [-0.2, 0) is 23.6 Å². The van der Waals surface area contributed by atoms with E-state index in [-0.39, 0.29) is 17.5 Å². The van der Waals surface area contributed by atoms with Gasteiger partial charge >= 0.3 is 0 Å². The van der Waals surface area contributed by atoms with Crippen LogP contribution in [0.4, 0.5) is 11.4 Å². The van der Waals surface area contributed by atoms with Crippen molar-refractivity contribution in [3.05, 3.63) is 109 Å². The molecule has 1 saturated heterocycles. The maximum Gasteiger partial charge on any atom is 0.283 e. The van der Waals surface area contributed by atoms with E-state index in [0.717, 1.165) is 24.3 Å². The number of carbonyl (C=O) groups is 1. The second-order valence-electron chi connectivity index (χ2n) is 9.04. The summed E-state index contributed by atoms with van der Waals surface area (Å²) >= 11 is 0. The van der Waals surface area contributed by atoms with Crippen LogP contribution >= 0.6 is 0 Å². The third-order valence-electron chi connectivity index (χ3n) is 6.50. The molecule has 9 heteroatoms. The van der Waals surface area contributed by atoms with Crippen LogP contribution in [0.1, 0.15) is 15.9 Å². The molecule has 0 aliphatic carbocycles. The monoisotopic (exact) mass is 515 g/mol. The van der Waals surface area contributed by atoms with E-state index in [1.54, 1.807) is 35.9 Å². The standard InChI is InChI=1S/C28H29N5O3S/c1-30-21-27(29-22-30)37(35,36)33(20-23-8-4-2-5-9-23)26-14-12-24(13-15-26)28(34)32-18-16-31(17-19-32)25-10-6-3-7-11-25/h2-15,21-22H,16-20H2,1H3. The number of rotatable bonds is 7. The third-order valence-corrected chi connectivity index (χ3v) is 8.15. The van der Waals surface area contributed by atoms with Crippen molar-refractivity contribution in [1.29, 1.82) is 0 Å². The van der Waals surface area contributed by atoms with Gasteiger partial charge in [0, 0.05) is 50.7 Å². The van der Waals surface area contributed by atoms with E-state index in [9.17, 15) is 13.2 Å². The van der Waals surface area contributed by atoms with Gasteiger partial charge in [-0.15, -0.1) is 0 Å². The first-order chi connectivity index (χ1) is 17.9. The van der Waals surface area contributed by atoms with Crippen molar-refractivity contribution < 1.29 is 13.2 Å². The normalized spacial score (nSPS) is 14.0. The molecule has 2 heterocycles. The molecule has 0 N–H and O–H groups in total. The Hall–Kier alpha value is -4.11. The van der Waals surface area contributed by atoms with Crippen LogP contribution in [0.2, 0.25) is 0 Å². The molecule has 0 saturated carbocycles. The number of amides is 1. The van der Waals surface area contributed by atoms with Gasteiger partial charge in [0.05, 0.1) is 18.6 Å². The van der Waals surface area contributed by atoms with Gasteiger partial charge in [-0.25, -0.2) is 4.98 Å². The summed E-state index contributed by atoms with van der Waals surface area (Å²) in [5, 5.41) is -0.0256. The highest BCUT2D eigenvalue weighted by Gasteiger charge is 2.28. The molecule has 1 aliphatic heterocycles. The number of hydrogen-bond donors (Lipinski definition) is 0. The highest BCUT2D eigenvalue weighted by molar-refractivity contribution is 7.92. The van der Waals surface area contributed by atoms with Crippen LogP contribution in [0.25, 0.3) is 0 Å². The van der Waals surface area contributed by atoms with Crippen molar-refractivity contribution in [1.82, 2.24) is 14.5 Å². The van der Waals surface area contributed by atoms with Crippen LogP contribution in [0.15, 0.2) is 102 Å². The number of imidazole rings is 1. The predicted molar refractivity (Wildman–Crippen MR) is 144 cm³/mol. The summed E-state index contributed by atoms with van der Waals surface area (Å²) in [4.78, 5) is 21.4. The Morgan fingerprint density at radius 3 is 2.08 bits per heavy atom. The highest BCUT2D eigenvalue weighted by Crippen LogP contribution is 2.26. The van der Waals surface area contributed by atoms with Crippen LogP contribution < -0.4 is 9.21 Å². The number of piperazine rings is 1. The van der Waals surface area contributed by atoms with Gasteiger partial charge in [0.15, 0.2) is 5.03 Å². The largest absolute Gasteiger partial charge is 0.368 e. The summed E-state index contributed by atoms with van der Waals surface area (Å²) in [5.74, 6) is -0.0542. The summed E-state index contributed by atoms with van der Waals surface area (Å²) in [5.41, 5.74) is 3.01. The molecule has 5 rings (SSSR count). The molecule has 37 heavy (non-hydrogen) atoms. The molecule has 3 aromatic carbocycles. The summed E-state index contributed by atoms with van der Waals surface area (Å²) in [6.45, 7) is 2.93. The Kier molecular flexibility index (Phi) is 6.96. The second kappa shape index (κ2) is 10.5. The van der Waals surface area contributed by atoms with Gasteiger partial charge in [-0.05, 0) is 42.0 Å². The van der Waals surface area contributed by atoms with Crippen molar-refractivity contribution in [3.63, 3.8) is 0 Å². The number of aromatic nitrogens is 2. The second-order valence-corrected chi connectivity index (χ2v) is 10.8. The Labute approximate surface area is 217 Å². The number of sulfonamides is 1. The SMILES string of the molecule is Cn1cnc(S(=O)(=O)N(Cc2ccccc2)c2ccc(C(=O)N3CCN(c4ccccc4)CC3)cc2)c1. The van der Waals surface area contributed by atoms with Crippen molar-refractivity contribution in [2.24, 2.45) is 7.05 Å². The number of para-hydroxylation sites is 1. The Morgan fingerprint density at radius 1 is 0.865 bits per heavy atom. The van der Waals surface area contributed by atoms with E-state index in [4.69, 9.17) is 0 Å². The van der Waals surface area contributed by atoms with E-state index in [1.165, 1.54) is 16.8 Å². The van der Waals surface area contributed by atoms with Crippen LogP contribution in [-0.4, -0.2) is 55.0 Å². The molecule has 1 aromatic heterocycles. The Morgan fingerprint density at radius 2 is 1.49 bits per heavy atom. The average molecular weight is 516 g/mol. The predicted octanol–water partition coefficient (Wildman–Crippen LogP) is 3.78. The number of hydrogen-bond acceptors (Lipinski definition) is 5. The molecule has 0 atom stereocenters. The lowest BCUT2D eigenvalue weighted by Gasteiger charge is -2.36. The number of benzene rings is 3. The van der Waals surface area contributed by atoms with Gasteiger partial charge in [-0.3, -0.25) is 9.10 Å².